The van der Waals surface area contributed by atoms with E-state index in [1.165, 1.54) is 7.05 Å². The molecule has 0 saturated carbocycles. The summed E-state index contributed by atoms with van der Waals surface area (Å²) < 4.78 is 0. The largest absolute Gasteiger partial charge is 0.369 e. The zero-order valence-electron chi connectivity index (χ0n) is 11.7. The molecule has 5 N–H and O–H groups in total. The van der Waals surface area contributed by atoms with E-state index in [4.69, 9.17) is 5.73 Å². The van der Waals surface area contributed by atoms with Gasteiger partial charge in [0.15, 0.2) is 0 Å². The lowest BCUT2D eigenvalue weighted by molar-refractivity contribution is -0.131. The molecule has 0 aromatic carbocycles. The molecule has 1 rings (SSSR count). The van der Waals surface area contributed by atoms with Crippen molar-refractivity contribution in [2.24, 2.45) is 23.3 Å². The van der Waals surface area contributed by atoms with Gasteiger partial charge in [-0.1, -0.05) is 11.1 Å². The molecule has 1 heterocycles. The van der Waals surface area contributed by atoms with E-state index in [0.29, 0.717) is 6.54 Å². The average molecular weight is 255 g/mol. The molecular formula is C13H25N3O2. The summed E-state index contributed by atoms with van der Waals surface area (Å²) in [6.07, 6.45) is 0. The molecule has 18 heavy (non-hydrogen) atoms. The summed E-state index contributed by atoms with van der Waals surface area (Å²) in [4.78, 5) is 22.4. The van der Waals surface area contributed by atoms with Crippen molar-refractivity contribution in [3.63, 3.8) is 0 Å². The van der Waals surface area contributed by atoms with Gasteiger partial charge in [0, 0.05) is 12.5 Å². The highest BCUT2D eigenvalue weighted by Gasteiger charge is 2.39. The van der Waals surface area contributed by atoms with E-state index in [0.717, 1.165) is 11.1 Å². The number of allylic oxidation sites excluding steroid dienone is 1. The fraction of sp³-hybridized carbons (Fsp3) is 0.538. The van der Waals surface area contributed by atoms with Crippen molar-refractivity contribution >= 4 is 11.8 Å². The number of hydrogen-bond acceptors (Lipinski definition) is 3. The van der Waals surface area contributed by atoms with Crippen molar-refractivity contribution in [1.29, 1.82) is 0 Å². The Labute approximate surface area is 109 Å². The summed E-state index contributed by atoms with van der Waals surface area (Å²) in [5, 5.41) is 2.66. The maximum atomic E-state index is 11.3. The van der Waals surface area contributed by atoms with Crippen molar-refractivity contribution in [1.82, 2.24) is 5.32 Å². The van der Waals surface area contributed by atoms with Crippen molar-refractivity contribution in [2.45, 2.75) is 20.8 Å². The van der Waals surface area contributed by atoms with Crippen LogP contribution < -0.4 is 16.8 Å². The standard InChI is InChI=1S/C10H16N2O2.C2H4.CH5N/c1-5(2)6(3)7-4-12-10(14)8(7)9(11)13;2*1-2/h7-8H,4H2,1-3H3,(H2,11,13)(H,12,14);1-2H2;2H2,1H3/t7-,8+;;/m1../s1. The molecule has 0 unspecified atom stereocenters. The van der Waals surface area contributed by atoms with Gasteiger partial charge < -0.3 is 16.8 Å². The molecule has 2 amide bonds. The van der Waals surface area contributed by atoms with Crippen LogP contribution in [-0.2, 0) is 9.59 Å². The molecule has 5 heteroatoms. The topological polar surface area (TPSA) is 98.2 Å². The Morgan fingerprint density at radius 3 is 2.06 bits per heavy atom. The maximum absolute atomic E-state index is 11.3. The second-order valence-electron chi connectivity index (χ2n) is 3.91. The molecule has 1 saturated heterocycles. The fourth-order valence-corrected chi connectivity index (χ4v) is 1.72. The Morgan fingerprint density at radius 1 is 1.28 bits per heavy atom. The van der Waals surface area contributed by atoms with Gasteiger partial charge in [0.05, 0.1) is 0 Å². The van der Waals surface area contributed by atoms with Crippen LogP contribution in [0.15, 0.2) is 24.3 Å². The second-order valence-corrected chi connectivity index (χ2v) is 3.91. The van der Waals surface area contributed by atoms with Gasteiger partial charge in [-0.3, -0.25) is 9.59 Å². The summed E-state index contributed by atoms with van der Waals surface area (Å²) in [7, 11) is 1.50. The number of primary amides is 1. The number of carbonyl (C=O) groups excluding carboxylic acids is 2. The first-order valence-electron chi connectivity index (χ1n) is 5.74. The van der Waals surface area contributed by atoms with Crippen LogP contribution in [-0.4, -0.2) is 25.4 Å². The van der Waals surface area contributed by atoms with Crippen LogP contribution in [0, 0.1) is 11.8 Å². The lowest BCUT2D eigenvalue weighted by Crippen LogP contribution is -2.33. The molecule has 2 atom stereocenters. The van der Waals surface area contributed by atoms with E-state index in [-0.39, 0.29) is 11.8 Å². The van der Waals surface area contributed by atoms with Crippen LogP contribution in [0.1, 0.15) is 20.8 Å². The quantitative estimate of drug-likeness (QED) is 0.497. The molecule has 0 radical (unpaired) electrons. The van der Waals surface area contributed by atoms with Crippen LogP contribution in [0.4, 0.5) is 0 Å². The molecule has 1 fully saturated rings. The third-order valence-corrected chi connectivity index (χ3v) is 2.83. The second kappa shape index (κ2) is 9.41. The van der Waals surface area contributed by atoms with E-state index in [9.17, 15) is 9.59 Å². The molecule has 0 aromatic rings. The summed E-state index contributed by atoms with van der Waals surface area (Å²) in [5.41, 5.74) is 11.9. The highest BCUT2D eigenvalue weighted by atomic mass is 16.2. The SMILES string of the molecule is C=C.CC(C)=C(C)[C@H]1CNC(=O)[C@@H]1C(N)=O.CN. The highest BCUT2D eigenvalue weighted by molar-refractivity contribution is 6.01. The van der Waals surface area contributed by atoms with Gasteiger partial charge in [-0.15, -0.1) is 13.2 Å². The summed E-state index contributed by atoms with van der Waals surface area (Å²) >= 11 is 0. The lowest BCUT2D eigenvalue weighted by Gasteiger charge is -2.15. The Morgan fingerprint density at radius 2 is 1.72 bits per heavy atom. The predicted octanol–water partition coefficient (Wildman–Crippen LogP) is 0.567. The summed E-state index contributed by atoms with van der Waals surface area (Å²) in [6, 6.07) is 0. The number of nitrogens with one attached hydrogen (secondary N) is 1. The van der Waals surface area contributed by atoms with Gasteiger partial charge in [0.1, 0.15) is 5.92 Å². The van der Waals surface area contributed by atoms with E-state index < -0.39 is 11.8 Å². The van der Waals surface area contributed by atoms with E-state index in [2.05, 4.69) is 24.2 Å². The average Bonchev–Trinajstić information content (AvgIpc) is 2.75. The number of hydrogen-bond donors (Lipinski definition) is 3. The highest BCUT2D eigenvalue weighted by Crippen LogP contribution is 2.26. The molecule has 0 bridgehead atoms. The number of amides is 2. The van der Waals surface area contributed by atoms with E-state index >= 15 is 0 Å². The molecule has 5 nitrogen and oxygen atoms in total. The third-order valence-electron chi connectivity index (χ3n) is 2.83. The summed E-state index contributed by atoms with van der Waals surface area (Å²) in [6.45, 7) is 12.4. The van der Waals surface area contributed by atoms with Crippen molar-refractivity contribution in [3.8, 4) is 0 Å². The van der Waals surface area contributed by atoms with Crippen LogP contribution in [0.3, 0.4) is 0 Å². The lowest BCUT2D eigenvalue weighted by atomic mass is 9.86. The van der Waals surface area contributed by atoms with Gasteiger partial charge in [0.25, 0.3) is 0 Å². The van der Waals surface area contributed by atoms with Gasteiger partial charge >= 0.3 is 0 Å². The molecule has 1 aliphatic rings. The minimum absolute atomic E-state index is 0.0648. The van der Waals surface area contributed by atoms with Crippen LogP contribution in [0.5, 0.6) is 0 Å². The van der Waals surface area contributed by atoms with Crippen LogP contribution >= 0.6 is 0 Å². The first kappa shape index (κ1) is 18.7. The normalized spacial score (nSPS) is 20.6. The maximum Gasteiger partial charge on any atom is 0.233 e. The summed E-state index contributed by atoms with van der Waals surface area (Å²) in [5.74, 6) is -1.54. The van der Waals surface area contributed by atoms with Crippen molar-refractivity contribution in [2.75, 3.05) is 13.6 Å². The number of nitrogens with two attached hydrogens (primary N) is 2. The molecule has 104 valence electrons. The molecule has 1 aliphatic heterocycles. The predicted molar refractivity (Wildman–Crippen MR) is 74.6 cm³/mol. The first-order chi connectivity index (χ1) is 8.45. The fourth-order valence-electron chi connectivity index (χ4n) is 1.72. The van der Waals surface area contributed by atoms with Crippen LogP contribution in [0.25, 0.3) is 0 Å². The first-order valence-corrected chi connectivity index (χ1v) is 5.74. The minimum atomic E-state index is -0.690. The Hall–Kier alpha value is -1.62. The Balaban J connectivity index is 0. The van der Waals surface area contributed by atoms with E-state index in [1.54, 1.807) is 0 Å². The molecule has 0 aromatic heterocycles. The van der Waals surface area contributed by atoms with Crippen LogP contribution in [0.2, 0.25) is 0 Å². The molecule has 0 aliphatic carbocycles. The molecule has 0 spiro atoms. The van der Waals surface area contributed by atoms with Gasteiger partial charge in [0.2, 0.25) is 11.8 Å². The van der Waals surface area contributed by atoms with Gasteiger partial charge in [-0.05, 0) is 27.8 Å². The zero-order valence-corrected chi connectivity index (χ0v) is 11.7. The Kier molecular flexibility index (Phi) is 9.80. The number of carbonyl (C=O) groups is 2. The molecular weight excluding hydrogens is 230 g/mol. The van der Waals surface area contributed by atoms with Gasteiger partial charge in [-0.25, -0.2) is 0 Å². The van der Waals surface area contributed by atoms with Crippen molar-refractivity contribution in [3.05, 3.63) is 24.3 Å². The smallest absolute Gasteiger partial charge is 0.233 e. The van der Waals surface area contributed by atoms with Crippen molar-refractivity contribution < 1.29 is 9.59 Å². The third kappa shape index (κ3) is 4.71. The minimum Gasteiger partial charge on any atom is -0.369 e. The zero-order chi connectivity index (χ0) is 14.9. The van der Waals surface area contributed by atoms with E-state index in [1.807, 2.05) is 20.8 Å². The number of rotatable bonds is 2. The monoisotopic (exact) mass is 255 g/mol. The Bertz CT molecular complexity index is 320. The van der Waals surface area contributed by atoms with Gasteiger partial charge in [-0.2, -0.15) is 0 Å².